The normalized spacial score (nSPS) is 19.3. The van der Waals surface area contributed by atoms with Gasteiger partial charge in [-0.2, -0.15) is 18.2 Å². The lowest BCUT2D eigenvalue weighted by atomic mass is 9.93. The molecule has 0 atom stereocenters. The van der Waals surface area contributed by atoms with Crippen LogP contribution in [-0.2, 0) is 10.9 Å². The molecule has 34 heavy (non-hydrogen) atoms. The molecule has 0 radical (unpaired) electrons. The standard InChI is InChI=1S/C23H28F3N7O/c1-22(10-12-34-13-11-22)32-20-27-14-16-19(31-20)33(15-6-3-2-4-7-15)21(28-16)30-18-9-5-8-17(29-18)23(24,25)26/h5,8-9,14-15H,2-4,6-7,10-13H2,1H3,(H,27,31,32)(H,28,29,30). The van der Waals surface area contributed by atoms with E-state index in [0.29, 0.717) is 36.3 Å². The van der Waals surface area contributed by atoms with Crippen LogP contribution < -0.4 is 10.6 Å². The van der Waals surface area contributed by atoms with Crippen molar-refractivity contribution >= 4 is 28.9 Å². The fourth-order valence-electron chi connectivity index (χ4n) is 4.72. The Morgan fingerprint density at radius 3 is 2.56 bits per heavy atom. The molecule has 8 nitrogen and oxygen atoms in total. The Bertz CT molecular complexity index is 1150. The van der Waals surface area contributed by atoms with Crippen LogP contribution >= 0.6 is 0 Å². The van der Waals surface area contributed by atoms with E-state index in [1.165, 1.54) is 18.6 Å². The van der Waals surface area contributed by atoms with E-state index < -0.39 is 11.9 Å². The second-order valence-electron chi connectivity index (χ2n) is 9.33. The van der Waals surface area contributed by atoms with Crippen LogP contribution in [0.2, 0.25) is 0 Å². The average molecular weight is 476 g/mol. The second-order valence-corrected chi connectivity index (χ2v) is 9.33. The highest BCUT2D eigenvalue weighted by Gasteiger charge is 2.33. The first-order valence-corrected chi connectivity index (χ1v) is 11.7. The minimum atomic E-state index is -4.52. The van der Waals surface area contributed by atoms with Crippen LogP contribution in [0.25, 0.3) is 11.2 Å². The van der Waals surface area contributed by atoms with E-state index in [0.717, 1.165) is 44.6 Å². The van der Waals surface area contributed by atoms with Crippen molar-refractivity contribution in [3.8, 4) is 0 Å². The van der Waals surface area contributed by atoms with Crippen molar-refractivity contribution in [3.63, 3.8) is 0 Å². The number of nitrogens with one attached hydrogen (secondary N) is 2. The summed E-state index contributed by atoms with van der Waals surface area (Å²) in [4.78, 5) is 17.7. The molecule has 2 fully saturated rings. The molecule has 0 spiro atoms. The summed E-state index contributed by atoms with van der Waals surface area (Å²) in [5.41, 5.74) is 0.135. The monoisotopic (exact) mass is 475 g/mol. The summed E-state index contributed by atoms with van der Waals surface area (Å²) in [5, 5.41) is 6.48. The Morgan fingerprint density at radius 2 is 1.82 bits per heavy atom. The maximum absolute atomic E-state index is 13.2. The molecule has 182 valence electrons. The third kappa shape index (κ3) is 4.79. The fraction of sp³-hybridized carbons (Fsp3) is 0.565. The molecule has 1 aliphatic carbocycles. The van der Waals surface area contributed by atoms with Gasteiger partial charge in [0.05, 0.1) is 6.20 Å². The number of alkyl halides is 3. The number of hydrogen-bond acceptors (Lipinski definition) is 7. The summed E-state index contributed by atoms with van der Waals surface area (Å²) in [6, 6.07) is 3.94. The SMILES string of the molecule is CC1(Nc2ncc3nc(Nc4cccc(C(F)(F)F)n4)n(C4CCCCC4)c3n2)CCOCC1. The zero-order valence-corrected chi connectivity index (χ0v) is 19.0. The predicted molar refractivity (Wildman–Crippen MR) is 122 cm³/mol. The molecule has 4 heterocycles. The second kappa shape index (κ2) is 9.01. The average Bonchev–Trinajstić information content (AvgIpc) is 3.16. The molecule has 5 rings (SSSR count). The largest absolute Gasteiger partial charge is 0.433 e. The van der Waals surface area contributed by atoms with Crippen LogP contribution in [0.1, 0.15) is 63.6 Å². The molecule has 1 saturated carbocycles. The van der Waals surface area contributed by atoms with Gasteiger partial charge < -0.3 is 15.4 Å². The number of anilines is 3. The molecule has 0 unspecified atom stereocenters. The summed E-state index contributed by atoms with van der Waals surface area (Å²) in [6.07, 6.45) is 4.10. The van der Waals surface area contributed by atoms with Crippen molar-refractivity contribution in [1.82, 2.24) is 24.5 Å². The highest BCUT2D eigenvalue weighted by Crippen LogP contribution is 2.35. The van der Waals surface area contributed by atoms with Crippen LogP contribution in [0.3, 0.4) is 0 Å². The number of imidazole rings is 1. The molecule has 0 bridgehead atoms. The summed E-state index contributed by atoms with van der Waals surface area (Å²) in [5.74, 6) is 1.03. The summed E-state index contributed by atoms with van der Waals surface area (Å²) in [6.45, 7) is 3.50. The fourth-order valence-corrected chi connectivity index (χ4v) is 4.72. The van der Waals surface area contributed by atoms with E-state index in [4.69, 9.17) is 9.72 Å². The number of rotatable bonds is 5. The van der Waals surface area contributed by atoms with E-state index >= 15 is 0 Å². The van der Waals surface area contributed by atoms with Gasteiger partial charge in [0.25, 0.3) is 0 Å². The molecule has 2 N–H and O–H groups in total. The molecule has 0 amide bonds. The van der Waals surface area contributed by atoms with Crippen LogP contribution in [-0.4, -0.2) is 43.3 Å². The summed E-state index contributed by atoms with van der Waals surface area (Å²) in [7, 11) is 0. The lowest BCUT2D eigenvalue weighted by molar-refractivity contribution is -0.141. The minimum Gasteiger partial charge on any atom is -0.381 e. The minimum absolute atomic E-state index is 0.0863. The van der Waals surface area contributed by atoms with Crippen molar-refractivity contribution in [1.29, 1.82) is 0 Å². The number of ether oxygens (including phenoxy) is 1. The maximum atomic E-state index is 13.2. The summed E-state index contributed by atoms with van der Waals surface area (Å²) >= 11 is 0. The van der Waals surface area contributed by atoms with Gasteiger partial charge in [0, 0.05) is 24.8 Å². The number of aromatic nitrogens is 5. The van der Waals surface area contributed by atoms with Gasteiger partial charge in [-0.25, -0.2) is 15.0 Å². The number of pyridine rings is 1. The van der Waals surface area contributed by atoms with Gasteiger partial charge in [-0.15, -0.1) is 0 Å². The van der Waals surface area contributed by atoms with Crippen molar-refractivity contribution in [2.75, 3.05) is 23.8 Å². The molecule has 1 aliphatic heterocycles. The number of fused-ring (bicyclic) bond motifs is 1. The molecule has 3 aromatic heterocycles. The highest BCUT2D eigenvalue weighted by atomic mass is 19.4. The Labute approximate surface area is 195 Å². The van der Waals surface area contributed by atoms with E-state index in [1.54, 1.807) is 6.20 Å². The van der Waals surface area contributed by atoms with Gasteiger partial charge in [0.1, 0.15) is 17.0 Å². The van der Waals surface area contributed by atoms with Crippen molar-refractivity contribution < 1.29 is 17.9 Å². The Kier molecular flexibility index (Phi) is 6.05. The van der Waals surface area contributed by atoms with Gasteiger partial charge in [-0.1, -0.05) is 25.3 Å². The predicted octanol–water partition coefficient (Wildman–Crippen LogP) is 5.47. The van der Waals surface area contributed by atoms with Crippen molar-refractivity contribution in [3.05, 3.63) is 30.1 Å². The number of nitrogens with zero attached hydrogens (tertiary/aromatic N) is 5. The van der Waals surface area contributed by atoms with Gasteiger partial charge in [0.15, 0.2) is 5.65 Å². The molecular formula is C23H28F3N7O. The third-order valence-corrected chi connectivity index (χ3v) is 6.66. The third-order valence-electron chi connectivity index (χ3n) is 6.66. The molecule has 11 heteroatoms. The van der Waals surface area contributed by atoms with Gasteiger partial charge in [-0.05, 0) is 44.7 Å². The zero-order valence-electron chi connectivity index (χ0n) is 19.0. The molecule has 1 saturated heterocycles. The van der Waals surface area contributed by atoms with E-state index in [1.807, 2.05) is 4.57 Å². The van der Waals surface area contributed by atoms with Crippen LogP contribution in [0.15, 0.2) is 24.4 Å². The van der Waals surface area contributed by atoms with Crippen molar-refractivity contribution in [2.24, 2.45) is 0 Å². The molecule has 0 aromatic carbocycles. The maximum Gasteiger partial charge on any atom is 0.433 e. The van der Waals surface area contributed by atoms with Crippen LogP contribution in [0.5, 0.6) is 0 Å². The molecule has 2 aliphatic rings. The lowest BCUT2D eigenvalue weighted by Gasteiger charge is -2.34. The Morgan fingerprint density at radius 1 is 1.06 bits per heavy atom. The zero-order chi connectivity index (χ0) is 23.8. The van der Waals surface area contributed by atoms with Gasteiger partial charge >= 0.3 is 6.18 Å². The van der Waals surface area contributed by atoms with Gasteiger partial charge in [0.2, 0.25) is 11.9 Å². The quantitative estimate of drug-likeness (QED) is 0.506. The first kappa shape index (κ1) is 22.8. The number of hydrogen-bond donors (Lipinski definition) is 2. The van der Waals surface area contributed by atoms with E-state index in [2.05, 4.69) is 32.5 Å². The van der Waals surface area contributed by atoms with Gasteiger partial charge in [-0.3, -0.25) is 4.57 Å². The first-order chi connectivity index (χ1) is 16.3. The van der Waals surface area contributed by atoms with E-state index in [-0.39, 0.29) is 17.4 Å². The van der Waals surface area contributed by atoms with Crippen LogP contribution in [0, 0.1) is 0 Å². The van der Waals surface area contributed by atoms with E-state index in [9.17, 15) is 13.2 Å². The first-order valence-electron chi connectivity index (χ1n) is 11.7. The molecule has 3 aromatic rings. The van der Waals surface area contributed by atoms with Crippen LogP contribution in [0.4, 0.5) is 30.9 Å². The Hall–Kier alpha value is -2.95. The topological polar surface area (TPSA) is 89.8 Å². The van der Waals surface area contributed by atoms with Crippen molar-refractivity contribution in [2.45, 2.75) is 69.6 Å². The Balaban J connectivity index is 1.52. The lowest BCUT2D eigenvalue weighted by Crippen LogP contribution is -2.41. The smallest absolute Gasteiger partial charge is 0.381 e. The summed E-state index contributed by atoms with van der Waals surface area (Å²) < 4.78 is 47.0. The highest BCUT2D eigenvalue weighted by molar-refractivity contribution is 5.76. The number of halogens is 3. The molecular weight excluding hydrogens is 447 g/mol.